The molecule has 1 aliphatic heterocycles. The van der Waals surface area contributed by atoms with E-state index >= 15 is 0 Å². The molecule has 4 heteroatoms. The molecule has 0 radical (unpaired) electrons. The van der Waals surface area contributed by atoms with Crippen LogP contribution in [0.25, 0.3) is 0 Å². The van der Waals surface area contributed by atoms with Crippen LogP contribution in [0.15, 0.2) is 0 Å². The largest absolute Gasteiger partial charge is 0.368 e. The van der Waals surface area contributed by atoms with Gasteiger partial charge >= 0.3 is 0 Å². The molecule has 1 aliphatic rings. The van der Waals surface area contributed by atoms with Crippen LogP contribution in [-0.2, 0) is 9.53 Å². The van der Waals surface area contributed by atoms with E-state index < -0.39 is 0 Å². The Bertz CT molecular complexity index is 193. The fourth-order valence-electron chi connectivity index (χ4n) is 1.38. The quantitative estimate of drug-likeness (QED) is 0.785. The average Bonchev–Trinajstić information content (AvgIpc) is 2.69. The van der Waals surface area contributed by atoms with E-state index in [1.807, 2.05) is 6.92 Å². The smallest absolute Gasteiger partial charge is 0.249 e. The van der Waals surface area contributed by atoms with Crippen LogP contribution in [0.5, 0.6) is 0 Å². The summed E-state index contributed by atoms with van der Waals surface area (Å²) in [7, 11) is 0. The van der Waals surface area contributed by atoms with Crippen molar-refractivity contribution in [2.45, 2.75) is 38.8 Å². The highest BCUT2D eigenvalue weighted by Gasteiger charge is 2.25. The van der Waals surface area contributed by atoms with E-state index in [0.29, 0.717) is 5.92 Å². The van der Waals surface area contributed by atoms with E-state index in [-0.39, 0.29) is 18.1 Å². The van der Waals surface area contributed by atoms with Crippen LogP contribution in [0.3, 0.4) is 0 Å². The predicted molar refractivity (Wildman–Crippen MR) is 59.5 cm³/mol. The van der Waals surface area contributed by atoms with Crippen molar-refractivity contribution >= 4 is 21.8 Å². The zero-order chi connectivity index (χ0) is 10.6. The molecule has 1 fully saturated rings. The maximum atomic E-state index is 11.6. The van der Waals surface area contributed by atoms with Crippen LogP contribution < -0.4 is 5.32 Å². The van der Waals surface area contributed by atoms with Crippen molar-refractivity contribution in [1.82, 2.24) is 5.32 Å². The fraction of sp³-hybridized carbons (Fsp3) is 0.900. The molecule has 1 amide bonds. The molecule has 0 saturated carbocycles. The molecule has 1 saturated heterocycles. The second-order valence-corrected chi connectivity index (χ2v) is 4.58. The van der Waals surface area contributed by atoms with Crippen LogP contribution in [-0.4, -0.2) is 30.0 Å². The van der Waals surface area contributed by atoms with Gasteiger partial charge in [-0.25, -0.2) is 0 Å². The third-order valence-electron chi connectivity index (χ3n) is 2.69. The zero-order valence-corrected chi connectivity index (χ0v) is 10.3. The van der Waals surface area contributed by atoms with Crippen LogP contribution in [0.2, 0.25) is 0 Å². The van der Waals surface area contributed by atoms with Crippen molar-refractivity contribution in [3.8, 4) is 0 Å². The number of carbonyl (C=O) groups is 1. The number of halogens is 1. The normalized spacial score (nSPS) is 25.8. The maximum absolute atomic E-state index is 11.6. The Kier molecular flexibility index (Phi) is 4.89. The van der Waals surface area contributed by atoms with Crippen molar-refractivity contribution in [2.75, 3.05) is 11.9 Å². The van der Waals surface area contributed by atoms with Gasteiger partial charge in [-0.3, -0.25) is 4.79 Å². The molecule has 0 aromatic carbocycles. The molecule has 82 valence electrons. The first kappa shape index (κ1) is 12.0. The summed E-state index contributed by atoms with van der Waals surface area (Å²) in [4.78, 5) is 11.6. The molecule has 14 heavy (non-hydrogen) atoms. The van der Waals surface area contributed by atoms with Gasteiger partial charge in [-0.1, -0.05) is 22.9 Å². The number of amides is 1. The fourth-order valence-corrected chi connectivity index (χ4v) is 1.94. The lowest BCUT2D eigenvalue weighted by molar-refractivity contribution is -0.130. The Morgan fingerprint density at radius 1 is 1.64 bits per heavy atom. The number of carbonyl (C=O) groups excluding carboxylic acids is 1. The molecule has 1 N–H and O–H groups in total. The van der Waals surface area contributed by atoms with Crippen molar-refractivity contribution in [2.24, 2.45) is 5.92 Å². The molecular formula is C10H18BrNO2. The van der Waals surface area contributed by atoms with E-state index in [2.05, 4.69) is 28.2 Å². The summed E-state index contributed by atoms with van der Waals surface area (Å²) in [5, 5.41) is 3.88. The SMILES string of the molecule is CC(CBr)C(C)NC(=O)C1CCCO1. The number of nitrogens with one attached hydrogen (secondary N) is 1. The highest BCUT2D eigenvalue weighted by molar-refractivity contribution is 9.09. The lowest BCUT2D eigenvalue weighted by Crippen LogP contribution is -2.43. The molecule has 0 aromatic rings. The van der Waals surface area contributed by atoms with Crippen LogP contribution in [0, 0.1) is 5.92 Å². The average molecular weight is 264 g/mol. The minimum absolute atomic E-state index is 0.0443. The number of hydrogen-bond donors (Lipinski definition) is 1. The summed E-state index contributed by atoms with van der Waals surface area (Å²) >= 11 is 3.41. The topological polar surface area (TPSA) is 38.3 Å². The first-order valence-corrected chi connectivity index (χ1v) is 6.25. The molecule has 0 aromatic heterocycles. The standard InChI is InChI=1S/C10H18BrNO2/c1-7(6-11)8(2)12-10(13)9-4-3-5-14-9/h7-9H,3-6H2,1-2H3,(H,12,13). The summed E-state index contributed by atoms with van der Waals surface area (Å²) in [5.41, 5.74) is 0. The van der Waals surface area contributed by atoms with E-state index in [1.54, 1.807) is 0 Å². The zero-order valence-electron chi connectivity index (χ0n) is 8.75. The molecule has 0 bridgehead atoms. The molecule has 0 spiro atoms. The van der Waals surface area contributed by atoms with Gasteiger partial charge in [0.15, 0.2) is 0 Å². The van der Waals surface area contributed by atoms with Gasteiger partial charge in [0.2, 0.25) is 5.91 Å². The third kappa shape index (κ3) is 3.24. The summed E-state index contributed by atoms with van der Waals surface area (Å²) in [6, 6.07) is 0.200. The first-order valence-electron chi connectivity index (χ1n) is 5.13. The van der Waals surface area contributed by atoms with E-state index in [9.17, 15) is 4.79 Å². The summed E-state index contributed by atoms with van der Waals surface area (Å²) in [6.07, 6.45) is 1.65. The molecule has 0 aliphatic carbocycles. The first-order chi connectivity index (χ1) is 6.65. The molecule has 1 rings (SSSR count). The molecule has 3 unspecified atom stereocenters. The highest BCUT2D eigenvalue weighted by atomic mass is 79.9. The van der Waals surface area contributed by atoms with Gasteiger partial charge in [0.05, 0.1) is 0 Å². The molecule has 3 nitrogen and oxygen atoms in total. The second kappa shape index (κ2) is 5.71. The van der Waals surface area contributed by atoms with Crippen molar-refractivity contribution in [3.05, 3.63) is 0 Å². The minimum Gasteiger partial charge on any atom is -0.368 e. The Morgan fingerprint density at radius 3 is 2.86 bits per heavy atom. The second-order valence-electron chi connectivity index (χ2n) is 3.93. The van der Waals surface area contributed by atoms with Gasteiger partial charge in [-0.2, -0.15) is 0 Å². The lowest BCUT2D eigenvalue weighted by atomic mass is 10.1. The summed E-state index contributed by atoms with van der Waals surface area (Å²) in [5.74, 6) is 0.489. The number of ether oxygens (including phenoxy) is 1. The van der Waals surface area contributed by atoms with Gasteiger partial charge in [-0.05, 0) is 25.7 Å². The molecule has 3 atom stereocenters. The van der Waals surface area contributed by atoms with Gasteiger partial charge in [0.1, 0.15) is 6.10 Å². The molecule has 1 heterocycles. The van der Waals surface area contributed by atoms with Crippen molar-refractivity contribution in [3.63, 3.8) is 0 Å². The van der Waals surface area contributed by atoms with Crippen molar-refractivity contribution in [1.29, 1.82) is 0 Å². The third-order valence-corrected chi connectivity index (χ3v) is 3.71. The van der Waals surface area contributed by atoms with Gasteiger partial charge in [0, 0.05) is 18.0 Å². The number of rotatable bonds is 4. The van der Waals surface area contributed by atoms with Crippen LogP contribution in [0.1, 0.15) is 26.7 Å². The highest BCUT2D eigenvalue weighted by Crippen LogP contribution is 2.13. The Balaban J connectivity index is 2.31. The van der Waals surface area contributed by atoms with Gasteiger partial charge in [-0.15, -0.1) is 0 Å². The number of alkyl halides is 1. The molecular weight excluding hydrogens is 246 g/mol. The lowest BCUT2D eigenvalue weighted by Gasteiger charge is -2.21. The van der Waals surface area contributed by atoms with Crippen molar-refractivity contribution < 1.29 is 9.53 Å². The maximum Gasteiger partial charge on any atom is 0.249 e. The van der Waals surface area contributed by atoms with E-state index in [1.165, 1.54) is 0 Å². The Labute approximate surface area is 93.7 Å². The summed E-state index contributed by atoms with van der Waals surface area (Å²) < 4.78 is 5.31. The summed E-state index contributed by atoms with van der Waals surface area (Å²) in [6.45, 7) is 4.86. The van der Waals surface area contributed by atoms with E-state index in [0.717, 1.165) is 24.8 Å². The van der Waals surface area contributed by atoms with Crippen LogP contribution in [0.4, 0.5) is 0 Å². The minimum atomic E-state index is -0.208. The number of hydrogen-bond acceptors (Lipinski definition) is 2. The van der Waals surface area contributed by atoms with Gasteiger partial charge in [0.25, 0.3) is 0 Å². The Hall–Kier alpha value is -0.0900. The van der Waals surface area contributed by atoms with Crippen LogP contribution >= 0.6 is 15.9 Å². The predicted octanol–water partition coefficient (Wildman–Crippen LogP) is 1.70. The monoisotopic (exact) mass is 263 g/mol. The van der Waals surface area contributed by atoms with E-state index in [4.69, 9.17) is 4.74 Å². The van der Waals surface area contributed by atoms with Gasteiger partial charge < -0.3 is 10.1 Å². The Morgan fingerprint density at radius 2 is 2.36 bits per heavy atom.